The highest BCUT2D eigenvalue weighted by Crippen LogP contribution is 2.37. The van der Waals surface area contributed by atoms with Crippen LogP contribution in [-0.2, 0) is 6.54 Å². The molecule has 29 heavy (non-hydrogen) atoms. The SMILES string of the molecule is Cc1cc(-c2[nH]c3ccc(-c4nnc(CNC5CC5)o4)cc3c2C(C)C)ccn1. The highest BCUT2D eigenvalue weighted by atomic mass is 16.4. The number of H-pyrrole nitrogens is 1. The van der Waals surface area contributed by atoms with E-state index in [1.807, 2.05) is 19.2 Å². The second-order valence-electron chi connectivity index (χ2n) is 8.17. The molecule has 0 spiro atoms. The van der Waals surface area contributed by atoms with E-state index >= 15 is 0 Å². The number of pyridine rings is 1. The minimum absolute atomic E-state index is 0.364. The molecule has 1 aromatic carbocycles. The van der Waals surface area contributed by atoms with E-state index in [-0.39, 0.29) is 0 Å². The maximum atomic E-state index is 5.90. The summed E-state index contributed by atoms with van der Waals surface area (Å²) in [5.74, 6) is 1.57. The second-order valence-corrected chi connectivity index (χ2v) is 8.17. The van der Waals surface area contributed by atoms with Crippen LogP contribution in [0.5, 0.6) is 0 Å². The summed E-state index contributed by atoms with van der Waals surface area (Å²) < 4.78 is 5.90. The molecule has 4 aromatic rings. The first-order chi connectivity index (χ1) is 14.1. The second kappa shape index (κ2) is 7.12. The van der Waals surface area contributed by atoms with Gasteiger partial charge in [-0.05, 0) is 61.6 Å². The Balaban J connectivity index is 1.55. The molecule has 3 heterocycles. The van der Waals surface area contributed by atoms with E-state index in [0.29, 0.717) is 30.3 Å². The number of fused-ring (bicyclic) bond motifs is 1. The van der Waals surface area contributed by atoms with Crippen molar-refractivity contribution in [1.29, 1.82) is 0 Å². The minimum Gasteiger partial charge on any atom is -0.419 e. The Kier molecular flexibility index (Phi) is 4.43. The maximum Gasteiger partial charge on any atom is 0.247 e. The molecule has 0 bridgehead atoms. The monoisotopic (exact) mass is 387 g/mol. The molecule has 1 aliphatic rings. The fourth-order valence-corrected chi connectivity index (χ4v) is 3.84. The van der Waals surface area contributed by atoms with Crippen LogP contribution in [0.25, 0.3) is 33.6 Å². The van der Waals surface area contributed by atoms with Gasteiger partial charge in [0.2, 0.25) is 11.8 Å². The minimum atomic E-state index is 0.364. The van der Waals surface area contributed by atoms with Gasteiger partial charge in [0.25, 0.3) is 0 Å². The van der Waals surface area contributed by atoms with Gasteiger partial charge < -0.3 is 14.7 Å². The third kappa shape index (κ3) is 3.56. The lowest BCUT2D eigenvalue weighted by atomic mass is 9.95. The van der Waals surface area contributed by atoms with E-state index in [0.717, 1.165) is 28.0 Å². The molecule has 6 heteroatoms. The van der Waals surface area contributed by atoms with Crippen molar-refractivity contribution in [2.45, 2.75) is 52.1 Å². The molecule has 148 valence electrons. The molecule has 6 nitrogen and oxygen atoms in total. The van der Waals surface area contributed by atoms with E-state index < -0.39 is 0 Å². The molecular formula is C23H25N5O. The zero-order valence-corrected chi connectivity index (χ0v) is 17.0. The van der Waals surface area contributed by atoms with Crippen LogP contribution in [0.4, 0.5) is 0 Å². The fourth-order valence-electron chi connectivity index (χ4n) is 3.84. The number of nitrogens with zero attached hydrogens (tertiary/aromatic N) is 3. The van der Waals surface area contributed by atoms with Crippen molar-refractivity contribution in [2.24, 2.45) is 0 Å². The van der Waals surface area contributed by atoms with Crippen molar-refractivity contribution in [3.63, 3.8) is 0 Å². The van der Waals surface area contributed by atoms with Crippen LogP contribution in [0.1, 0.15) is 49.8 Å². The Morgan fingerprint density at radius 3 is 2.76 bits per heavy atom. The molecule has 0 saturated heterocycles. The largest absolute Gasteiger partial charge is 0.419 e. The lowest BCUT2D eigenvalue weighted by Gasteiger charge is -2.09. The van der Waals surface area contributed by atoms with Crippen molar-refractivity contribution < 1.29 is 4.42 Å². The Morgan fingerprint density at radius 1 is 1.14 bits per heavy atom. The van der Waals surface area contributed by atoms with E-state index in [2.05, 4.69) is 63.6 Å². The molecule has 0 atom stereocenters. The number of aromatic amines is 1. The van der Waals surface area contributed by atoms with Crippen molar-refractivity contribution in [3.8, 4) is 22.7 Å². The molecule has 1 aliphatic carbocycles. The summed E-state index contributed by atoms with van der Waals surface area (Å²) in [4.78, 5) is 7.94. The van der Waals surface area contributed by atoms with Crippen molar-refractivity contribution in [3.05, 3.63) is 53.7 Å². The molecule has 0 unspecified atom stereocenters. The van der Waals surface area contributed by atoms with Gasteiger partial charge in [-0.25, -0.2) is 0 Å². The van der Waals surface area contributed by atoms with Gasteiger partial charge >= 0.3 is 0 Å². The van der Waals surface area contributed by atoms with Gasteiger partial charge in [-0.1, -0.05) is 13.8 Å². The first kappa shape index (κ1) is 18.1. The molecule has 2 N–H and O–H groups in total. The zero-order chi connectivity index (χ0) is 20.0. The van der Waals surface area contributed by atoms with Crippen molar-refractivity contribution in [1.82, 2.24) is 25.5 Å². The van der Waals surface area contributed by atoms with Crippen LogP contribution in [0.15, 0.2) is 40.9 Å². The Labute approximate surface area is 169 Å². The number of aromatic nitrogens is 4. The first-order valence-electron chi connectivity index (χ1n) is 10.2. The fraction of sp³-hybridized carbons (Fsp3) is 0.348. The van der Waals surface area contributed by atoms with E-state index in [9.17, 15) is 0 Å². The van der Waals surface area contributed by atoms with Crippen molar-refractivity contribution in [2.75, 3.05) is 0 Å². The predicted octanol–water partition coefficient (Wildman–Crippen LogP) is 4.96. The van der Waals surface area contributed by atoms with Gasteiger partial charge in [-0.3, -0.25) is 4.98 Å². The van der Waals surface area contributed by atoms with E-state index in [4.69, 9.17) is 4.42 Å². The third-order valence-electron chi connectivity index (χ3n) is 5.43. The molecule has 5 rings (SSSR count). The molecule has 1 fully saturated rings. The molecule has 3 aromatic heterocycles. The predicted molar refractivity (Wildman–Crippen MR) is 114 cm³/mol. The van der Waals surface area contributed by atoms with Crippen LogP contribution in [0.2, 0.25) is 0 Å². The highest BCUT2D eigenvalue weighted by molar-refractivity contribution is 5.93. The van der Waals surface area contributed by atoms with Crippen LogP contribution < -0.4 is 5.32 Å². The third-order valence-corrected chi connectivity index (χ3v) is 5.43. The maximum absolute atomic E-state index is 5.90. The highest BCUT2D eigenvalue weighted by Gasteiger charge is 2.22. The van der Waals surface area contributed by atoms with Gasteiger partial charge in [0.05, 0.1) is 12.2 Å². The van der Waals surface area contributed by atoms with E-state index in [1.54, 1.807) is 0 Å². The molecular weight excluding hydrogens is 362 g/mol. The van der Waals surface area contributed by atoms with Crippen LogP contribution >= 0.6 is 0 Å². The lowest BCUT2D eigenvalue weighted by molar-refractivity contribution is 0.476. The number of benzene rings is 1. The number of rotatable bonds is 6. The Morgan fingerprint density at radius 2 is 2.00 bits per heavy atom. The zero-order valence-electron chi connectivity index (χ0n) is 17.0. The molecule has 1 saturated carbocycles. The summed E-state index contributed by atoms with van der Waals surface area (Å²) in [6, 6.07) is 11.1. The van der Waals surface area contributed by atoms with Gasteiger partial charge in [0.1, 0.15) is 0 Å². The summed E-state index contributed by atoms with van der Waals surface area (Å²) in [5.41, 5.74) is 6.66. The van der Waals surface area contributed by atoms with Gasteiger partial charge in [-0.15, -0.1) is 10.2 Å². The summed E-state index contributed by atoms with van der Waals surface area (Å²) in [6.45, 7) is 7.10. The Hall–Kier alpha value is -2.99. The summed E-state index contributed by atoms with van der Waals surface area (Å²) >= 11 is 0. The first-order valence-corrected chi connectivity index (χ1v) is 10.2. The van der Waals surface area contributed by atoms with Gasteiger partial charge in [-0.2, -0.15) is 0 Å². The number of hydrogen-bond acceptors (Lipinski definition) is 5. The lowest BCUT2D eigenvalue weighted by Crippen LogP contribution is -2.15. The average Bonchev–Trinajstić information content (AvgIpc) is 3.27. The summed E-state index contributed by atoms with van der Waals surface area (Å²) in [7, 11) is 0. The van der Waals surface area contributed by atoms with Gasteiger partial charge in [0, 0.05) is 40.0 Å². The van der Waals surface area contributed by atoms with E-state index in [1.165, 1.54) is 23.8 Å². The number of nitrogens with one attached hydrogen (secondary N) is 2. The normalized spacial score (nSPS) is 14.2. The van der Waals surface area contributed by atoms with Gasteiger partial charge in [0.15, 0.2) is 0 Å². The molecule has 0 amide bonds. The molecule has 0 aliphatic heterocycles. The van der Waals surface area contributed by atoms with Crippen LogP contribution in [0, 0.1) is 6.92 Å². The smallest absolute Gasteiger partial charge is 0.247 e. The Bertz CT molecular complexity index is 1170. The summed E-state index contributed by atoms with van der Waals surface area (Å²) in [6.07, 6.45) is 4.34. The van der Waals surface area contributed by atoms with Crippen LogP contribution in [-0.4, -0.2) is 26.2 Å². The standard InChI is InChI=1S/C23H25N5O/c1-13(2)21-18-11-16(23-28-27-20(29-23)12-25-17-5-6-17)4-7-19(18)26-22(21)15-8-9-24-14(3)10-15/h4,7-11,13,17,25-26H,5-6,12H2,1-3H3. The molecule has 0 radical (unpaired) electrons. The quantitative estimate of drug-likeness (QED) is 0.489. The average molecular weight is 387 g/mol. The number of hydrogen-bond donors (Lipinski definition) is 2. The van der Waals surface area contributed by atoms with Crippen LogP contribution in [0.3, 0.4) is 0 Å². The number of aryl methyl sites for hydroxylation is 1. The summed E-state index contributed by atoms with van der Waals surface area (Å²) in [5, 5.41) is 13.1. The topological polar surface area (TPSA) is 79.6 Å². The van der Waals surface area contributed by atoms with Crippen molar-refractivity contribution >= 4 is 10.9 Å².